The smallest absolute Gasteiger partial charge is 0.336 e. The minimum Gasteiger partial charge on any atom is -0.508 e. The van der Waals surface area contributed by atoms with Crippen molar-refractivity contribution in [2.45, 2.75) is 31.3 Å². The van der Waals surface area contributed by atoms with E-state index in [9.17, 15) is 20.1 Å². The molecule has 3 N–H and O–H groups in total. The van der Waals surface area contributed by atoms with Gasteiger partial charge in [0.1, 0.15) is 28.9 Å². The van der Waals surface area contributed by atoms with Crippen molar-refractivity contribution in [1.29, 1.82) is 0 Å². The summed E-state index contributed by atoms with van der Waals surface area (Å²) in [5.74, 6) is 0.643. The monoisotopic (exact) mass is 498 g/mol. The molecule has 3 aromatic carbocycles. The number of benzene rings is 3. The third kappa shape index (κ3) is 3.87. The van der Waals surface area contributed by atoms with Crippen LogP contribution in [0.3, 0.4) is 0 Å². The molecule has 2 aliphatic rings. The van der Waals surface area contributed by atoms with Gasteiger partial charge in [0.2, 0.25) is 0 Å². The number of hydrogen-bond acceptors (Lipinski definition) is 7. The molecule has 0 fully saturated rings. The van der Waals surface area contributed by atoms with E-state index < -0.39 is 11.7 Å². The number of ether oxygens (including phenoxy) is 2. The van der Waals surface area contributed by atoms with Crippen molar-refractivity contribution >= 4 is 11.0 Å². The van der Waals surface area contributed by atoms with Crippen LogP contribution in [-0.2, 0) is 0 Å². The van der Waals surface area contributed by atoms with Crippen LogP contribution in [0.5, 0.6) is 28.7 Å². The van der Waals surface area contributed by atoms with Gasteiger partial charge < -0.3 is 29.2 Å². The third-order valence-electron chi connectivity index (χ3n) is 7.55. The van der Waals surface area contributed by atoms with Crippen molar-refractivity contribution in [2.24, 2.45) is 5.92 Å². The molecular weight excluding hydrogens is 472 g/mol. The number of rotatable bonds is 3. The van der Waals surface area contributed by atoms with E-state index in [1.54, 1.807) is 43.5 Å². The highest BCUT2D eigenvalue weighted by Crippen LogP contribution is 2.58. The lowest BCUT2D eigenvalue weighted by molar-refractivity contribution is 0.0776. The SMILES string of the molecule is COc1cc(O)ccc1[C@H]1Oc2cc3oc(=O)ccc3cc2[C@@H]2C=C(C)C[C@@H](c3ccc(O)c(O)c3)[C@H]12. The molecular formula is C30H26O7. The van der Waals surface area contributed by atoms with E-state index in [4.69, 9.17) is 13.9 Å². The second-order valence-corrected chi connectivity index (χ2v) is 9.82. The summed E-state index contributed by atoms with van der Waals surface area (Å²) in [6.45, 7) is 2.09. The maximum atomic E-state index is 11.9. The van der Waals surface area contributed by atoms with Crippen LogP contribution in [0.15, 0.2) is 81.5 Å². The summed E-state index contributed by atoms with van der Waals surface area (Å²) in [4.78, 5) is 11.9. The average Bonchev–Trinajstić information content (AvgIpc) is 2.88. The second kappa shape index (κ2) is 8.62. The van der Waals surface area contributed by atoms with Crippen LogP contribution < -0.4 is 15.1 Å². The summed E-state index contributed by atoms with van der Waals surface area (Å²) in [5.41, 5.74) is 3.85. The van der Waals surface area contributed by atoms with Gasteiger partial charge in [0.15, 0.2) is 11.5 Å². The van der Waals surface area contributed by atoms with Gasteiger partial charge in [0.05, 0.1) is 7.11 Å². The molecule has 0 saturated heterocycles. The van der Waals surface area contributed by atoms with E-state index in [-0.39, 0.29) is 35.0 Å². The highest BCUT2D eigenvalue weighted by Gasteiger charge is 2.46. The van der Waals surface area contributed by atoms with E-state index in [1.807, 2.05) is 12.1 Å². The number of allylic oxidation sites excluding steroid dienone is 2. The molecule has 6 rings (SSSR count). The molecule has 37 heavy (non-hydrogen) atoms. The predicted octanol–water partition coefficient (Wildman–Crippen LogP) is 5.89. The van der Waals surface area contributed by atoms with Gasteiger partial charge in [-0.3, -0.25) is 0 Å². The molecule has 4 aromatic rings. The van der Waals surface area contributed by atoms with Crippen molar-refractivity contribution < 1.29 is 29.2 Å². The molecule has 7 heteroatoms. The Morgan fingerprint density at radius 1 is 0.919 bits per heavy atom. The molecule has 1 aliphatic carbocycles. The lowest BCUT2D eigenvalue weighted by Crippen LogP contribution is -2.36. The Morgan fingerprint density at radius 3 is 2.54 bits per heavy atom. The number of phenolic OH excluding ortho intramolecular Hbond substituents is 3. The van der Waals surface area contributed by atoms with Crippen molar-refractivity contribution in [1.82, 2.24) is 0 Å². The van der Waals surface area contributed by atoms with E-state index in [1.165, 1.54) is 17.7 Å². The summed E-state index contributed by atoms with van der Waals surface area (Å²) >= 11 is 0. The van der Waals surface area contributed by atoms with E-state index in [2.05, 4.69) is 13.0 Å². The second-order valence-electron chi connectivity index (χ2n) is 9.82. The lowest BCUT2D eigenvalue weighted by Gasteiger charge is -2.46. The summed E-state index contributed by atoms with van der Waals surface area (Å²) in [6.07, 6.45) is 2.52. The van der Waals surface area contributed by atoms with Crippen LogP contribution in [0.2, 0.25) is 0 Å². The Labute approximate surface area is 212 Å². The summed E-state index contributed by atoms with van der Waals surface area (Å²) < 4.78 is 17.8. The molecule has 188 valence electrons. The number of methoxy groups -OCH3 is 1. The van der Waals surface area contributed by atoms with Gasteiger partial charge in [-0.1, -0.05) is 17.7 Å². The van der Waals surface area contributed by atoms with Gasteiger partial charge in [0.25, 0.3) is 0 Å². The Kier molecular flexibility index (Phi) is 5.37. The Balaban J connectivity index is 1.59. The van der Waals surface area contributed by atoms with Gasteiger partial charge in [-0.05, 0) is 61.2 Å². The molecule has 1 aliphatic heterocycles. The Bertz CT molecular complexity index is 1620. The zero-order valence-electron chi connectivity index (χ0n) is 20.3. The molecule has 7 nitrogen and oxygen atoms in total. The first-order chi connectivity index (χ1) is 17.8. The summed E-state index contributed by atoms with van der Waals surface area (Å²) in [5, 5.41) is 31.2. The molecule has 0 amide bonds. The topological polar surface area (TPSA) is 109 Å². The number of hydrogen-bond donors (Lipinski definition) is 3. The molecule has 0 spiro atoms. The van der Waals surface area contributed by atoms with Crippen molar-refractivity contribution in [2.75, 3.05) is 7.11 Å². The van der Waals surface area contributed by atoms with Crippen LogP contribution in [0.25, 0.3) is 11.0 Å². The molecule has 0 radical (unpaired) electrons. The largest absolute Gasteiger partial charge is 0.508 e. The first kappa shape index (κ1) is 23.0. The highest BCUT2D eigenvalue weighted by molar-refractivity contribution is 5.80. The van der Waals surface area contributed by atoms with Gasteiger partial charge in [0, 0.05) is 46.5 Å². The molecule has 2 heterocycles. The van der Waals surface area contributed by atoms with E-state index in [0.717, 1.165) is 28.5 Å². The average molecular weight is 499 g/mol. The number of aromatic hydroxyl groups is 3. The van der Waals surface area contributed by atoms with Gasteiger partial charge in [-0.15, -0.1) is 0 Å². The zero-order valence-corrected chi connectivity index (χ0v) is 20.3. The maximum Gasteiger partial charge on any atom is 0.336 e. The summed E-state index contributed by atoms with van der Waals surface area (Å²) in [7, 11) is 1.55. The van der Waals surface area contributed by atoms with Crippen molar-refractivity contribution in [3.05, 3.63) is 99.4 Å². The van der Waals surface area contributed by atoms with Crippen molar-refractivity contribution in [3.63, 3.8) is 0 Å². The quantitative estimate of drug-likeness (QED) is 0.184. The molecule has 0 unspecified atom stereocenters. The molecule has 0 bridgehead atoms. The first-order valence-corrected chi connectivity index (χ1v) is 12.1. The van der Waals surface area contributed by atoms with Crippen LogP contribution in [-0.4, -0.2) is 22.4 Å². The normalized spacial score (nSPS) is 22.5. The van der Waals surface area contributed by atoms with Gasteiger partial charge >= 0.3 is 5.63 Å². The van der Waals surface area contributed by atoms with Crippen LogP contribution in [0.4, 0.5) is 0 Å². The standard InChI is InChI=1S/C30H26O7/c1-15-9-20(16-3-7-23(32)24(33)12-16)29-22(10-15)21-11-17-4-8-28(34)36-25(17)14-27(21)37-30(29)19-6-5-18(31)13-26(19)35-2/h3-8,10-14,20,22,29-33H,9H2,1-2H3/t20-,22-,29-,30+/m0/s1. The first-order valence-electron chi connectivity index (χ1n) is 12.1. The summed E-state index contributed by atoms with van der Waals surface area (Å²) in [6, 6.07) is 16.9. The Morgan fingerprint density at radius 2 is 1.76 bits per heavy atom. The molecule has 4 atom stereocenters. The van der Waals surface area contributed by atoms with Crippen LogP contribution in [0.1, 0.15) is 48.0 Å². The van der Waals surface area contributed by atoms with Crippen LogP contribution in [0, 0.1) is 5.92 Å². The van der Waals surface area contributed by atoms with Gasteiger partial charge in [-0.25, -0.2) is 4.79 Å². The zero-order chi connectivity index (χ0) is 25.8. The predicted molar refractivity (Wildman–Crippen MR) is 138 cm³/mol. The van der Waals surface area contributed by atoms with E-state index in [0.29, 0.717) is 17.1 Å². The maximum absolute atomic E-state index is 11.9. The number of phenols is 3. The highest BCUT2D eigenvalue weighted by atomic mass is 16.5. The third-order valence-corrected chi connectivity index (χ3v) is 7.55. The van der Waals surface area contributed by atoms with E-state index >= 15 is 0 Å². The van der Waals surface area contributed by atoms with Crippen molar-refractivity contribution in [3.8, 4) is 28.7 Å². The van der Waals surface area contributed by atoms with Gasteiger partial charge in [-0.2, -0.15) is 0 Å². The van der Waals surface area contributed by atoms with Crippen LogP contribution >= 0.6 is 0 Å². The molecule has 0 saturated carbocycles. The fraction of sp³-hybridized carbons (Fsp3) is 0.233. The minimum absolute atomic E-state index is 0.0532. The fourth-order valence-electron chi connectivity index (χ4n) is 5.92. The lowest BCUT2D eigenvalue weighted by atomic mass is 9.64. The minimum atomic E-state index is -0.480. The Hall–Kier alpha value is -4.39. The number of fused-ring (bicyclic) bond motifs is 4. The fourth-order valence-corrected chi connectivity index (χ4v) is 5.92. The molecule has 1 aromatic heterocycles.